The van der Waals surface area contributed by atoms with Gasteiger partial charge < -0.3 is 9.47 Å². The van der Waals surface area contributed by atoms with Gasteiger partial charge in [-0.1, -0.05) is 44.2 Å². The number of esters is 2. The molecule has 3 aromatic rings. The molecule has 8 heteroatoms. The van der Waals surface area contributed by atoms with E-state index in [0.29, 0.717) is 23.1 Å². The monoisotopic (exact) mass is 587 g/mol. The Morgan fingerprint density at radius 2 is 1.67 bits per heavy atom. The van der Waals surface area contributed by atoms with Crippen LogP contribution in [-0.2, 0) is 21.2 Å². The van der Waals surface area contributed by atoms with Gasteiger partial charge in [-0.3, -0.25) is 0 Å². The highest BCUT2D eigenvalue weighted by Crippen LogP contribution is 2.68. The fraction of sp³-hybridized carbons (Fsp3) is 0.412. The molecule has 0 spiro atoms. The Kier molecular flexibility index (Phi) is 7.26. The minimum Gasteiger partial charge on any atom is -0.458 e. The normalized spacial score (nSPS) is 28.2. The number of rotatable bonds is 6. The molecule has 0 heterocycles. The van der Waals surface area contributed by atoms with E-state index in [0.717, 1.165) is 44.9 Å². The molecule has 2 fully saturated rings. The van der Waals surface area contributed by atoms with Crippen LogP contribution in [0.3, 0.4) is 0 Å². The lowest BCUT2D eigenvalue weighted by Gasteiger charge is -2.58. The average Bonchev–Trinajstić information content (AvgIpc) is 3.33. The maximum absolute atomic E-state index is 13.2. The number of fused-ring (bicyclic) bond motifs is 5. The molecule has 2 N–H and O–H groups in total. The van der Waals surface area contributed by atoms with Gasteiger partial charge in [0.05, 0.1) is 16.0 Å². The second-order valence-corrected chi connectivity index (χ2v) is 14.0. The SMILES string of the molecule is CC[C@@]12CCc3cc(OC(=O)c4ccccc4)ccc3[C@H]1CC[C@]1(C)[C@@H](OC(=O)c3cccc(S(N)(=O)=O)c3)CC[C@H]12. The number of ether oxygens (including phenoxy) is 2. The first-order chi connectivity index (χ1) is 20.0. The molecule has 3 aliphatic rings. The summed E-state index contributed by atoms with van der Waals surface area (Å²) in [6.07, 6.45) is 6.45. The van der Waals surface area contributed by atoms with Crippen molar-refractivity contribution in [3.8, 4) is 5.75 Å². The summed E-state index contributed by atoms with van der Waals surface area (Å²) >= 11 is 0. The Balaban J connectivity index is 1.22. The molecule has 3 aliphatic carbocycles. The van der Waals surface area contributed by atoms with E-state index in [-0.39, 0.29) is 33.4 Å². The van der Waals surface area contributed by atoms with Gasteiger partial charge in [-0.2, -0.15) is 0 Å². The second-order valence-electron chi connectivity index (χ2n) is 12.4. The zero-order valence-corrected chi connectivity index (χ0v) is 24.9. The van der Waals surface area contributed by atoms with Crippen LogP contribution in [0, 0.1) is 16.7 Å². The molecule has 0 saturated heterocycles. The minimum absolute atomic E-state index is 0.0942. The Morgan fingerprint density at radius 1 is 0.905 bits per heavy atom. The van der Waals surface area contributed by atoms with Crippen molar-refractivity contribution in [2.45, 2.75) is 75.7 Å². The van der Waals surface area contributed by atoms with E-state index in [9.17, 15) is 18.0 Å². The van der Waals surface area contributed by atoms with Crippen LogP contribution in [0.4, 0.5) is 0 Å². The highest BCUT2D eigenvalue weighted by atomic mass is 32.2. The smallest absolute Gasteiger partial charge is 0.343 e. The van der Waals surface area contributed by atoms with E-state index in [1.165, 1.54) is 29.3 Å². The lowest BCUT2D eigenvalue weighted by atomic mass is 9.46. The molecule has 7 nitrogen and oxygen atoms in total. The Labute approximate surface area is 247 Å². The van der Waals surface area contributed by atoms with Gasteiger partial charge in [-0.05, 0) is 116 Å². The fourth-order valence-electron chi connectivity index (χ4n) is 8.45. The van der Waals surface area contributed by atoms with Crippen molar-refractivity contribution in [2.24, 2.45) is 21.9 Å². The van der Waals surface area contributed by atoms with Gasteiger partial charge in [0.2, 0.25) is 10.0 Å². The fourth-order valence-corrected chi connectivity index (χ4v) is 9.01. The van der Waals surface area contributed by atoms with E-state index in [4.69, 9.17) is 14.6 Å². The van der Waals surface area contributed by atoms with Crippen molar-refractivity contribution < 1.29 is 27.5 Å². The predicted molar refractivity (Wildman–Crippen MR) is 159 cm³/mol. The number of primary sulfonamides is 1. The summed E-state index contributed by atoms with van der Waals surface area (Å²) < 4.78 is 35.5. The van der Waals surface area contributed by atoms with Gasteiger partial charge in [0, 0.05) is 5.41 Å². The van der Waals surface area contributed by atoms with Crippen molar-refractivity contribution in [1.82, 2.24) is 0 Å². The van der Waals surface area contributed by atoms with Crippen LogP contribution in [0.25, 0.3) is 0 Å². The minimum atomic E-state index is -3.92. The van der Waals surface area contributed by atoms with Crippen molar-refractivity contribution >= 4 is 22.0 Å². The van der Waals surface area contributed by atoms with Gasteiger partial charge in [0.1, 0.15) is 11.9 Å². The maximum Gasteiger partial charge on any atom is 0.343 e. The third kappa shape index (κ3) is 4.84. The zero-order valence-electron chi connectivity index (χ0n) is 24.0. The van der Waals surface area contributed by atoms with Crippen molar-refractivity contribution in [3.63, 3.8) is 0 Å². The molecule has 0 bridgehead atoms. The Morgan fingerprint density at radius 3 is 2.40 bits per heavy atom. The number of benzene rings is 3. The molecule has 0 aromatic heterocycles. The highest BCUT2D eigenvalue weighted by molar-refractivity contribution is 7.89. The molecule has 2 saturated carbocycles. The van der Waals surface area contributed by atoms with Gasteiger partial charge in [0.25, 0.3) is 0 Å². The number of hydrogen-bond donors (Lipinski definition) is 1. The van der Waals surface area contributed by atoms with Crippen LogP contribution in [0.1, 0.15) is 90.1 Å². The number of aryl methyl sites for hydroxylation is 1. The molecule has 6 rings (SSSR count). The summed E-state index contributed by atoms with van der Waals surface area (Å²) in [7, 11) is -3.92. The number of nitrogens with two attached hydrogens (primary N) is 1. The Hall–Kier alpha value is -3.49. The molecule has 5 atom stereocenters. The summed E-state index contributed by atoms with van der Waals surface area (Å²) in [5.41, 5.74) is 3.26. The summed E-state index contributed by atoms with van der Waals surface area (Å²) in [6.45, 7) is 4.57. The molecule has 220 valence electrons. The molecule has 0 radical (unpaired) electrons. The molecule has 0 aliphatic heterocycles. The standard InChI is InChI=1S/C34H37NO6S/c1-3-34-19-16-23-20-25(40-31(36)22-8-5-4-6-9-22)12-13-27(23)28(34)17-18-33(2)29(34)14-15-30(33)41-32(37)24-10-7-11-26(21-24)42(35,38)39/h4-13,20-21,28-30H,3,14-19H2,1-2H3,(H2,35,38,39)/t28-,29-,30+,33+,34-/m1/s1. The first-order valence-electron chi connectivity index (χ1n) is 14.8. The van der Waals surface area contributed by atoms with Crippen LogP contribution in [0.15, 0.2) is 77.7 Å². The largest absolute Gasteiger partial charge is 0.458 e. The topological polar surface area (TPSA) is 113 Å². The van der Waals surface area contributed by atoms with Gasteiger partial charge in [0.15, 0.2) is 0 Å². The lowest BCUT2D eigenvalue weighted by molar-refractivity contribution is -0.0842. The van der Waals surface area contributed by atoms with E-state index < -0.39 is 16.0 Å². The number of carbonyl (C=O) groups is 2. The summed E-state index contributed by atoms with van der Waals surface area (Å²) in [5, 5.41) is 5.28. The third-order valence-electron chi connectivity index (χ3n) is 10.5. The van der Waals surface area contributed by atoms with Crippen molar-refractivity contribution in [3.05, 3.63) is 95.1 Å². The first-order valence-corrected chi connectivity index (χ1v) is 16.3. The average molecular weight is 588 g/mol. The van der Waals surface area contributed by atoms with Crippen LogP contribution < -0.4 is 9.88 Å². The second kappa shape index (κ2) is 10.7. The quantitative estimate of drug-likeness (QED) is 0.263. The van der Waals surface area contributed by atoms with E-state index in [2.05, 4.69) is 19.9 Å². The van der Waals surface area contributed by atoms with E-state index >= 15 is 0 Å². The van der Waals surface area contributed by atoms with Gasteiger partial charge in [-0.15, -0.1) is 0 Å². The number of hydrogen-bond acceptors (Lipinski definition) is 6. The maximum atomic E-state index is 13.2. The number of carbonyl (C=O) groups excluding carboxylic acids is 2. The first kappa shape index (κ1) is 28.6. The molecular weight excluding hydrogens is 550 g/mol. The number of sulfonamides is 1. The molecular formula is C34H37NO6S. The molecule has 0 unspecified atom stereocenters. The molecule has 42 heavy (non-hydrogen) atoms. The van der Waals surface area contributed by atoms with Crippen molar-refractivity contribution in [1.29, 1.82) is 0 Å². The Bertz CT molecular complexity index is 1640. The summed E-state index contributed by atoms with van der Waals surface area (Å²) in [6, 6.07) is 20.9. The molecule has 0 amide bonds. The van der Waals surface area contributed by atoms with Gasteiger partial charge in [-0.25, -0.2) is 23.1 Å². The summed E-state index contributed by atoms with van der Waals surface area (Å²) in [4.78, 5) is 25.7. The lowest BCUT2D eigenvalue weighted by Crippen LogP contribution is -2.52. The summed E-state index contributed by atoms with van der Waals surface area (Å²) in [5.74, 6) is 0.499. The van der Waals surface area contributed by atoms with E-state index in [1.807, 2.05) is 30.3 Å². The van der Waals surface area contributed by atoms with Crippen LogP contribution in [-0.4, -0.2) is 26.5 Å². The van der Waals surface area contributed by atoms with Crippen LogP contribution in [0.2, 0.25) is 0 Å². The highest BCUT2D eigenvalue weighted by Gasteiger charge is 2.62. The van der Waals surface area contributed by atoms with Crippen LogP contribution >= 0.6 is 0 Å². The van der Waals surface area contributed by atoms with Crippen LogP contribution in [0.5, 0.6) is 5.75 Å². The molecule has 3 aromatic carbocycles. The predicted octanol–water partition coefficient (Wildman–Crippen LogP) is 6.42. The van der Waals surface area contributed by atoms with E-state index in [1.54, 1.807) is 18.2 Å². The third-order valence-corrected chi connectivity index (χ3v) is 11.4. The van der Waals surface area contributed by atoms with Crippen molar-refractivity contribution in [2.75, 3.05) is 0 Å². The zero-order chi connectivity index (χ0) is 29.7. The van der Waals surface area contributed by atoms with Gasteiger partial charge >= 0.3 is 11.9 Å².